The first-order valence-corrected chi connectivity index (χ1v) is 12.9. The molecule has 0 saturated carbocycles. The number of hydrogen-bond donors (Lipinski definition) is 1. The molecule has 0 aliphatic rings. The van der Waals surface area contributed by atoms with E-state index in [1.165, 1.54) is 0 Å². The minimum atomic E-state index is -0.642. The summed E-state index contributed by atoms with van der Waals surface area (Å²) in [6, 6.07) is 24.5. The molecule has 0 aliphatic carbocycles. The van der Waals surface area contributed by atoms with E-state index < -0.39 is 6.04 Å². The van der Waals surface area contributed by atoms with Crippen LogP contribution >= 0.6 is 0 Å². The average molecular weight is 503 g/mol. The number of unbranched alkanes of at least 4 members (excludes halogenated alkanes) is 2. The van der Waals surface area contributed by atoms with E-state index in [0.29, 0.717) is 31.0 Å². The zero-order chi connectivity index (χ0) is 26.5. The van der Waals surface area contributed by atoms with Crippen molar-refractivity contribution in [1.82, 2.24) is 10.2 Å². The summed E-state index contributed by atoms with van der Waals surface area (Å²) in [6.45, 7) is 3.07. The maximum atomic E-state index is 13.9. The fraction of sp³-hybridized carbons (Fsp3) is 0.355. The van der Waals surface area contributed by atoms with Gasteiger partial charge in [0.2, 0.25) is 11.8 Å². The van der Waals surface area contributed by atoms with Gasteiger partial charge in [-0.3, -0.25) is 9.59 Å². The topological polar surface area (TPSA) is 67.9 Å². The SMILES string of the molecule is CCCCCNC(=O)C(Cc1ccccc1)N(Cc1ccccc1)C(=O)Cc1ccc(OC)c(OC)c1. The molecule has 0 heterocycles. The second kappa shape index (κ2) is 14.7. The molecular formula is C31H38N2O4. The minimum Gasteiger partial charge on any atom is -0.493 e. The number of benzene rings is 3. The summed E-state index contributed by atoms with van der Waals surface area (Å²) >= 11 is 0. The highest BCUT2D eigenvalue weighted by Crippen LogP contribution is 2.28. The van der Waals surface area contributed by atoms with E-state index in [1.54, 1.807) is 25.2 Å². The number of hydrogen-bond acceptors (Lipinski definition) is 4. The number of nitrogens with one attached hydrogen (secondary N) is 1. The smallest absolute Gasteiger partial charge is 0.243 e. The van der Waals surface area contributed by atoms with Gasteiger partial charge in [0.25, 0.3) is 0 Å². The summed E-state index contributed by atoms with van der Waals surface area (Å²) in [5, 5.41) is 3.09. The van der Waals surface area contributed by atoms with E-state index in [0.717, 1.165) is 36.0 Å². The average Bonchev–Trinajstić information content (AvgIpc) is 2.93. The van der Waals surface area contributed by atoms with Gasteiger partial charge in [0.1, 0.15) is 6.04 Å². The van der Waals surface area contributed by atoms with Gasteiger partial charge >= 0.3 is 0 Å². The Bertz CT molecular complexity index is 1120. The Morgan fingerprint density at radius 1 is 0.811 bits per heavy atom. The molecule has 2 amide bonds. The normalized spacial score (nSPS) is 11.4. The van der Waals surface area contributed by atoms with Gasteiger partial charge in [-0.05, 0) is 35.2 Å². The van der Waals surface area contributed by atoms with Crippen molar-refractivity contribution in [2.24, 2.45) is 0 Å². The van der Waals surface area contributed by atoms with Crippen LogP contribution in [0.25, 0.3) is 0 Å². The predicted octanol–water partition coefficient (Wildman–Crippen LogP) is 5.19. The number of carbonyl (C=O) groups excluding carboxylic acids is 2. The van der Waals surface area contributed by atoms with E-state index in [4.69, 9.17) is 9.47 Å². The molecule has 37 heavy (non-hydrogen) atoms. The number of rotatable bonds is 14. The lowest BCUT2D eigenvalue weighted by Crippen LogP contribution is -2.51. The van der Waals surface area contributed by atoms with Crippen LogP contribution in [-0.4, -0.2) is 43.5 Å². The summed E-state index contributed by atoms with van der Waals surface area (Å²) in [7, 11) is 3.15. The van der Waals surface area contributed by atoms with Gasteiger partial charge in [-0.25, -0.2) is 0 Å². The molecule has 3 rings (SSSR count). The highest BCUT2D eigenvalue weighted by atomic mass is 16.5. The van der Waals surface area contributed by atoms with Crippen molar-refractivity contribution in [3.05, 3.63) is 95.6 Å². The summed E-state index contributed by atoms with van der Waals surface area (Å²) in [4.78, 5) is 29.1. The number of amides is 2. The maximum absolute atomic E-state index is 13.9. The van der Waals surface area contributed by atoms with E-state index in [1.807, 2.05) is 72.8 Å². The van der Waals surface area contributed by atoms with Crippen molar-refractivity contribution in [3.63, 3.8) is 0 Å². The molecule has 0 aromatic heterocycles. The Hall–Kier alpha value is -3.80. The van der Waals surface area contributed by atoms with E-state index in [9.17, 15) is 9.59 Å². The molecule has 0 aliphatic heterocycles. The Balaban J connectivity index is 1.92. The maximum Gasteiger partial charge on any atom is 0.243 e. The molecule has 6 heteroatoms. The van der Waals surface area contributed by atoms with E-state index in [-0.39, 0.29) is 18.2 Å². The van der Waals surface area contributed by atoms with Gasteiger partial charge < -0.3 is 19.7 Å². The molecule has 0 saturated heterocycles. The standard InChI is InChI=1S/C31H38N2O4/c1-4-5-12-19-32-31(35)27(20-24-13-8-6-9-14-24)33(23-25-15-10-7-11-16-25)30(34)22-26-17-18-28(36-2)29(21-26)37-3/h6-11,13-18,21,27H,4-5,12,19-20,22-23H2,1-3H3,(H,32,35). The van der Waals surface area contributed by atoms with Crippen LogP contribution in [0.5, 0.6) is 11.5 Å². The second-order valence-corrected chi connectivity index (χ2v) is 9.08. The van der Waals surface area contributed by atoms with Gasteiger partial charge in [0, 0.05) is 19.5 Å². The molecule has 196 valence electrons. The zero-order valence-electron chi connectivity index (χ0n) is 22.1. The highest BCUT2D eigenvalue weighted by molar-refractivity contribution is 5.88. The molecule has 1 N–H and O–H groups in total. The van der Waals surface area contributed by atoms with Crippen molar-refractivity contribution in [2.75, 3.05) is 20.8 Å². The summed E-state index contributed by atoms with van der Waals surface area (Å²) in [5.74, 6) is 0.919. The van der Waals surface area contributed by atoms with Crippen LogP contribution in [0.15, 0.2) is 78.9 Å². The van der Waals surface area contributed by atoms with Gasteiger partial charge in [-0.15, -0.1) is 0 Å². The quantitative estimate of drug-likeness (QED) is 0.308. The number of nitrogens with zero attached hydrogens (tertiary/aromatic N) is 1. The first-order valence-electron chi connectivity index (χ1n) is 12.9. The molecule has 6 nitrogen and oxygen atoms in total. The van der Waals surface area contributed by atoms with Crippen molar-refractivity contribution < 1.29 is 19.1 Å². The van der Waals surface area contributed by atoms with E-state index >= 15 is 0 Å². The third kappa shape index (κ3) is 8.38. The summed E-state index contributed by atoms with van der Waals surface area (Å²) in [5.41, 5.74) is 2.77. The van der Waals surface area contributed by atoms with Gasteiger partial charge in [0.15, 0.2) is 11.5 Å². The van der Waals surface area contributed by atoms with Gasteiger partial charge in [-0.1, -0.05) is 86.5 Å². The zero-order valence-corrected chi connectivity index (χ0v) is 22.1. The fourth-order valence-electron chi connectivity index (χ4n) is 4.31. The van der Waals surface area contributed by atoms with Crippen LogP contribution < -0.4 is 14.8 Å². The van der Waals surface area contributed by atoms with Gasteiger partial charge in [0.05, 0.1) is 20.6 Å². The largest absolute Gasteiger partial charge is 0.493 e. The number of methoxy groups -OCH3 is 2. The molecule has 0 spiro atoms. The Labute approximate surface area is 220 Å². The lowest BCUT2D eigenvalue weighted by Gasteiger charge is -2.32. The van der Waals surface area contributed by atoms with Crippen molar-refractivity contribution in [3.8, 4) is 11.5 Å². The molecule has 1 atom stereocenters. The molecule has 0 fully saturated rings. The minimum absolute atomic E-state index is 0.124. The third-order valence-electron chi connectivity index (χ3n) is 6.35. The van der Waals surface area contributed by atoms with E-state index in [2.05, 4.69) is 12.2 Å². The van der Waals surface area contributed by atoms with Crippen molar-refractivity contribution >= 4 is 11.8 Å². The highest BCUT2D eigenvalue weighted by Gasteiger charge is 2.30. The molecule has 0 bridgehead atoms. The molecule has 3 aromatic carbocycles. The third-order valence-corrected chi connectivity index (χ3v) is 6.35. The van der Waals surface area contributed by atoms with Crippen molar-refractivity contribution in [1.29, 1.82) is 0 Å². The molecule has 0 radical (unpaired) electrons. The van der Waals surface area contributed by atoms with Crippen LogP contribution in [0.1, 0.15) is 42.9 Å². The Morgan fingerprint density at radius 3 is 2.08 bits per heavy atom. The fourth-order valence-corrected chi connectivity index (χ4v) is 4.31. The first-order chi connectivity index (χ1) is 18.0. The van der Waals surface area contributed by atoms with Crippen LogP contribution in [0.3, 0.4) is 0 Å². The predicted molar refractivity (Wildman–Crippen MR) is 147 cm³/mol. The Morgan fingerprint density at radius 2 is 1.46 bits per heavy atom. The lowest BCUT2D eigenvalue weighted by atomic mass is 10.0. The van der Waals surface area contributed by atoms with Crippen LogP contribution in [0, 0.1) is 0 Å². The van der Waals surface area contributed by atoms with Crippen LogP contribution in [0.4, 0.5) is 0 Å². The van der Waals surface area contributed by atoms with Crippen LogP contribution in [0.2, 0.25) is 0 Å². The lowest BCUT2D eigenvalue weighted by molar-refractivity contribution is -0.140. The van der Waals surface area contributed by atoms with Crippen molar-refractivity contribution in [2.45, 2.75) is 51.6 Å². The second-order valence-electron chi connectivity index (χ2n) is 9.08. The monoisotopic (exact) mass is 502 g/mol. The van der Waals surface area contributed by atoms with Gasteiger partial charge in [-0.2, -0.15) is 0 Å². The number of ether oxygens (including phenoxy) is 2. The molecular weight excluding hydrogens is 464 g/mol. The molecule has 3 aromatic rings. The molecule has 1 unspecified atom stereocenters. The first kappa shape index (κ1) is 27.8. The van der Waals surface area contributed by atoms with Crippen LogP contribution in [-0.2, 0) is 29.0 Å². The number of carbonyl (C=O) groups is 2. The summed E-state index contributed by atoms with van der Waals surface area (Å²) in [6.07, 6.45) is 3.62. The Kier molecular flexibility index (Phi) is 11.0. The summed E-state index contributed by atoms with van der Waals surface area (Å²) < 4.78 is 10.8.